The molecule has 2 aliphatic heterocycles. The standard InChI is InChI=1S/C27H28N4O3/c1-3-25(32)30-14-12-29(13-15-30)24-16-21(27(33)34)28-22-17-31(11-10-20(22)24)23-9-5-8-19-7-4-6-18(2)26(19)23/h3-9,16H,1,10-15,17H2,2H3,(H,33,34). The van der Waals surface area contributed by atoms with Gasteiger partial charge in [-0.05, 0) is 42.5 Å². The highest BCUT2D eigenvalue weighted by Gasteiger charge is 2.28. The second kappa shape index (κ2) is 8.82. The molecule has 2 aliphatic rings. The lowest BCUT2D eigenvalue weighted by Crippen LogP contribution is -2.49. The topological polar surface area (TPSA) is 77.0 Å². The van der Waals surface area contributed by atoms with Crippen molar-refractivity contribution in [1.82, 2.24) is 9.88 Å². The number of aromatic nitrogens is 1. The molecule has 174 valence electrons. The van der Waals surface area contributed by atoms with Crippen molar-refractivity contribution in [3.05, 3.63) is 77.6 Å². The van der Waals surface area contributed by atoms with Crippen LogP contribution in [0.3, 0.4) is 0 Å². The van der Waals surface area contributed by atoms with Gasteiger partial charge in [-0.2, -0.15) is 0 Å². The molecular formula is C27H28N4O3. The van der Waals surface area contributed by atoms with Gasteiger partial charge in [0.15, 0.2) is 5.69 Å². The summed E-state index contributed by atoms with van der Waals surface area (Å²) in [5.74, 6) is -1.09. The Morgan fingerprint density at radius 3 is 2.44 bits per heavy atom. The second-order valence-electron chi connectivity index (χ2n) is 8.90. The van der Waals surface area contributed by atoms with Crippen molar-refractivity contribution in [2.24, 2.45) is 0 Å². The smallest absolute Gasteiger partial charge is 0.354 e. The first kappa shape index (κ1) is 21.9. The van der Waals surface area contributed by atoms with E-state index in [1.54, 1.807) is 11.0 Å². The molecule has 0 saturated carbocycles. The molecule has 1 N–H and O–H groups in total. The predicted molar refractivity (Wildman–Crippen MR) is 134 cm³/mol. The maximum absolute atomic E-state index is 12.0. The number of carbonyl (C=O) groups is 2. The Labute approximate surface area is 198 Å². The van der Waals surface area contributed by atoms with Crippen LogP contribution in [0.15, 0.2) is 55.1 Å². The zero-order valence-corrected chi connectivity index (χ0v) is 19.3. The Bertz CT molecular complexity index is 1290. The van der Waals surface area contributed by atoms with E-state index in [4.69, 9.17) is 0 Å². The minimum Gasteiger partial charge on any atom is -0.477 e. The summed E-state index contributed by atoms with van der Waals surface area (Å²) in [6.45, 7) is 9.58. The Hall–Kier alpha value is -3.87. The maximum atomic E-state index is 12.0. The fraction of sp³-hybridized carbons (Fsp3) is 0.296. The molecule has 2 aromatic carbocycles. The van der Waals surface area contributed by atoms with Crippen LogP contribution < -0.4 is 9.80 Å². The second-order valence-corrected chi connectivity index (χ2v) is 8.90. The number of hydrogen-bond acceptors (Lipinski definition) is 5. The third-order valence-corrected chi connectivity index (χ3v) is 6.92. The number of amides is 1. The SMILES string of the molecule is C=CC(=O)N1CCN(c2cc(C(=O)O)nc3c2CCN(c2cccc4cccc(C)c24)C3)CC1. The minimum absolute atomic E-state index is 0.0642. The van der Waals surface area contributed by atoms with Crippen molar-refractivity contribution in [2.45, 2.75) is 19.9 Å². The van der Waals surface area contributed by atoms with E-state index in [9.17, 15) is 14.7 Å². The third kappa shape index (κ3) is 3.87. The summed E-state index contributed by atoms with van der Waals surface area (Å²) < 4.78 is 0. The lowest BCUT2D eigenvalue weighted by Gasteiger charge is -2.39. The third-order valence-electron chi connectivity index (χ3n) is 6.92. The number of hydrogen-bond donors (Lipinski definition) is 1. The first-order chi connectivity index (χ1) is 16.5. The molecule has 1 fully saturated rings. The Balaban J connectivity index is 1.49. The summed E-state index contributed by atoms with van der Waals surface area (Å²) >= 11 is 0. The largest absolute Gasteiger partial charge is 0.477 e. The number of piperazine rings is 1. The van der Waals surface area contributed by atoms with Crippen LogP contribution in [0.1, 0.15) is 27.3 Å². The molecule has 0 unspecified atom stereocenters. The van der Waals surface area contributed by atoms with Gasteiger partial charge in [-0.15, -0.1) is 0 Å². The molecule has 7 heteroatoms. The molecule has 3 heterocycles. The fourth-order valence-electron chi connectivity index (χ4n) is 5.18. The number of nitrogens with zero attached hydrogens (tertiary/aromatic N) is 4. The first-order valence-electron chi connectivity index (χ1n) is 11.6. The molecule has 1 amide bonds. The van der Waals surface area contributed by atoms with Crippen LogP contribution in [0, 0.1) is 6.92 Å². The van der Waals surface area contributed by atoms with Crippen molar-refractivity contribution in [1.29, 1.82) is 0 Å². The van der Waals surface area contributed by atoms with Gasteiger partial charge in [-0.25, -0.2) is 9.78 Å². The molecule has 34 heavy (non-hydrogen) atoms. The summed E-state index contributed by atoms with van der Waals surface area (Å²) in [4.78, 5) is 34.7. The van der Waals surface area contributed by atoms with E-state index in [1.807, 2.05) is 0 Å². The summed E-state index contributed by atoms with van der Waals surface area (Å²) in [5, 5.41) is 12.2. The summed E-state index contributed by atoms with van der Waals surface area (Å²) in [5.41, 5.74) is 5.30. The van der Waals surface area contributed by atoms with Gasteiger partial charge in [0, 0.05) is 55.0 Å². The van der Waals surface area contributed by atoms with Crippen LogP contribution in [0.25, 0.3) is 10.8 Å². The number of aryl methyl sites for hydroxylation is 1. The van der Waals surface area contributed by atoms with E-state index in [0.717, 1.165) is 35.6 Å². The number of pyridine rings is 1. The quantitative estimate of drug-likeness (QED) is 0.604. The van der Waals surface area contributed by atoms with Crippen molar-refractivity contribution in [3.8, 4) is 0 Å². The highest BCUT2D eigenvalue weighted by molar-refractivity contribution is 5.97. The van der Waals surface area contributed by atoms with E-state index in [1.165, 1.54) is 22.4 Å². The Morgan fingerprint density at radius 1 is 1.00 bits per heavy atom. The van der Waals surface area contributed by atoms with Crippen LogP contribution in [-0.4, -0.2) is 59.6 Å². The number of fused-ring (bicyclic) bond motifs is 2. The van der Waals surface area contributed by atoms with E-state index < -0.39 is 5.97 Å². The molecule has 1 aromatic heterocycles. The van der Waals surface area contributed by atoms with E-state index in [2.05, 4.69) is 64.7 Å². The summed E-state index contributed by atoms with van der Waals surface area (Å²) in [6, 6.07) is 14.4. The molecule has 0 radical (unpaired) electrons. The Kier molecular flexibility index (Phi) is 5.69. The molecular weight excluding hydrogens is 428 g/mol. The molecule has 7 nitrogen and oxygen atoms in total. The summed E-state index contributed by atoms with van der Waals surface area (Å²) in [7, 11) is 0. The molecule has 0 atom stereocenters. The molecule has 1 saturated heterocycles. The number of carboxylic acids is 1. The molecule has 0 bridgehead atoms. The first-order valence-corrected chi connectivity index (χ1v) is 11.6. The van der Waals surface area contributed by atoms with Crippen molar-refractivity contribution in [3.63, 3.8) is 0 Å². The van der Waals surface area contributed by atoms with Gasteiger partial charge in [0.2, 0.25) is 5.91 Å². The molecule has 5 rings (SSSR count). The zero-order valence-electron chi connectivity index (χ0n) is 19.3. The lowest BCUT2D eigenvalue weighted by molar-refractivity contribution is -0.126. The number of carbonyl (C=O) groups excluding carboxylic acids is 1. The van der Waals surface area contributed by atoms with Crippen molar-refractivity contribution < 1.29 is 14.7 Å². The average Bonchev–Trinajstić information content (AvgIpc) is 2.87. The van der Waals surface area contributed by atoms with Crippen LogP contribution >= 0.6 is 0 Å². The highest BCUT2D eigenvalue weighted by Crippen LogP contribution is 2.35. The van der Waals surface area contributed by atoms with Crippen molar-refractivity contribution in [2.75, 3.05) is 42.5 Å². The number of aromatic carboxylic acids is 1. The van der Waals surface area contributed by atoms with Gasteiger partial charge in [-0.3, -0.25) is 4.79 Å². The molecule has 0 aliphatic carbocycles. The van der Waals surface area contributed by atoms with Gasteiger partial charge in [0.05, 0.1) is 12.2 Å². The van der Waals surface area contributed by atoms with Gasteiger partial charge < -0.3 is 19.8 Å². The van der Waals surface area contributed by atoms with Crippen LogP contribution in [0.2, 0.25) is 0 Å². The normalized spacial score (nSPS) is 15.9. The van der Waals surface area contributed by atoms with Crippen molar-refractivity contribution >= 4 is 34.0 Å². The van der Waals surface area contributed by atoms with Crippen LogP contribution in [0.4, 0.5) is 11.4 Å². The van der Waals surface area contributed by atoms with Gasteiger partial charge in [0.1, 0.15) is 0 Å². The fourth-order valence-corrected chi connectivity index (χ4v) is 5.18. The minimum atomic E-state index is -1.03. The maximum Gasteiger partial charge on any atom is 0.354 e. The monoisotopic (exact) mass is 456 g/mol. The summed E-state index contributed by atoms with van der Waals surface area (Å²) in [6.07, 6.45) is 2.13. The Morgan fingerprint density at radius 2 is 1.74 bits per heavy atom. The molecule has 0 spiro atoms. The number of rotatable bonds is 4. The molecule has 3 aromatic rings. The van der Waals surface area contributed by atoms with Gasteiger partial charge >= 0.3 is 5.97 Å². The number of anilines is 2. The van der Waals surface area contributed by atoms with Gasteiger partial charge in [-0.1, -0.05) is 36.9 Å². The van der Waals surface area contributed by atoms with Crippen LogP contribution in [0.5, 0.6) is 0 Å². The number of carboxylic acid groups (broad SMARTS) is 1. The average molecular weight is 457 g/mol. The zero-order chi connectivity index (χ0) is 23.8. The van der Waals surface area contributed by atoms with E-state index >= 15 is 0 Å². The van der Waals surface area contributed by atoms with E-state index in [0.29, 0.717) is 32.7 Å². The van der Waals surface area contributed by atoms with Crippen LogP contribution in [-0.2, 0) is 17.8 Å². The highest BCUT2D eigenvalue weighted by atomic mass is 16.4. The van der Waals surface area contributed by atoms with Gasteiger partial charge in [0.25, 0.3) is 0 Å². The number of benzene rings is 2. The van der Waals surface area contributed by atoms with E-state index in [-0.39, 0.29) is 11.6 Å². The lowest BCUT2D eigenvalue weighted by atomic mass is 9.98. The predicted octanol–water partition coefficient (Wildman–Crippen LogP) is 3.64.